The first-order valence-electron chi connectivity index (χ1n) is 9.05. The second-order valence-electron chi connectivity index (χ2n) is 6.42. The molecule has 132 valence electrons. The number of benzene rings is 1. The summed E-state index contributed by atoms with van der Waals surface area (Å²) in [5, 5.41) is 18.6. The molecule has 1 saturated heterocycles. The van der Waals surface area contributed by atoms with E-state index in [4.69, 9.17) is 5.26 Å². The highest BCUT2D eigenvalue weighted by atomic mass is 32.2. The van der Waals surface area contributed by atoms with Crippen LogP contribution in [0.15, 0.2) is 35.5 Å². The first-order chi connectivity index (χ1) is 12.4. The van der Waals surface area contributed by atoms with E-state index >= 15 is 0 Å². The van der Waals surface area contributed by atoms with Crippen molar-refractivity contribution in [3.8, 4) is 6.07 Å². The van der Waals surface area contributed by atoms with Crippen LogP contribution in [-0.4, -0.2) is 38.5 Å². The molecule has 0 N–H and O–H groups in total. The number of piperidine rings is 1. The van der Waals surface area contributed by atoms with Gasteiger partial charge in [0, 0.05) is 12.2 Å². The molecule has 0 unspecified atom stereocenters. The first-order valence-corrected chi connectivity index (χ1v) is 10.0. The molecule has 0 saturated carbocycles. The van der Waals surface area contributed by atoms with Gasteiger partial charge < -0.3 is 4.57 Å². The summed E-state index contributed by atoms with van der Waals surface area (Å²) in [6, 6.07) is 12.7. The molecule has 1 aliphatic rings. The Balaban J connectivity index is 1.73. The lowest BCUT2D eigenvalue weighted by Crippen LogP contribution is -2.30. The van der Waals surface area contributed by atoms with Crippen LogP contribution in [0.4, 0.5) is 0 Å². The van der Waals surface area contributed by atoms with Crippen LogP contribution in [0.3, 0.4) is 0 Å². The number of nitriles is 1. The predicted molar refractivity (Wildman–Crippen MR) is 100 cm³/mol. The summed E-state index contributed by atoms with van der Waals surface area (Å²) in [6.07, 6.45) is 5.39. The van der Waals surface area contributed by atoms with Gasteiger partial charge in [0.15, 0.2) is 5.16 Å². The fourth-order valence-corrected chi connectivity index (χ4v) is 4.00. The number of hydrogen-bond donors (Lipinski definition) is 0. The Labute approximate surface area is 154 Å². The van der Waals surface area contributed by atoms with Gasteiger partial charge in [-0.15, -0.1) is 10.2 Å². The fourth-order valence-electron chi connectivity index (χ4n) is 3.10. The molecule has 2 aromatic rings. The molecule has 0 spiro atoms. The largest absolute Gasteiger partial charge is 0.300 e. The van der Waals surface area contributed by atoms with Crippen LogP contribution < -0.4 is 0 Å². The standard InChI is InChI=1S/C19H25N5S/c20-11-5-8-14-25-19-22-21-18(16-23-12-6-2-7-13-23)24(19)15-17-9-3-1-4-10-17/h1,3-4,9-10H,2,5-8,12-16H2. The highest BCUT2D eigenvalue weighted by Gasteiger charge is 2.17. The number of aromatic nitrogens is 3. The van der Waals surface area contributed by atoms with Gasteiger partial charge in [0.25, 0.3) is 0 Å². The van der Waals surface area contributed by atoms with Crippen molar-refractivity contribution in [2.45, 2.75) is 50.4 Å². The number of likely N-dealkylation sites (tertiary alicyclic amines) is 1. The fraction of sp³-hybridized carbons (Fsp3) is 0.526. The van der Waals surface area contributed by atoms with Crippen LogP contribution in [0.25, 0.3) is 0 Å². The zero-order valence-corrected chi connectivity index (χ0v) is 15.4. The summed E-state index contributed by atoms with van der Waals surface area (Å²) < 4.78 is 2.25. The van der Waals surface area contributed by atoms with Crippen LogP contribution in [-0.2, 0) is 13.1 Å². The van der Waals surface area contributed by atoms with Crippen LogP contribution in [0.2, 0.25) is 0 Å². The van der Waals surface area contributed by atoms with E-state index < -0.39 is 0 Å². The third-order valence-corrected chi connectivity index (χ3v) is 5.51. The summed E-state index contributed by atoms with van der Waals surface area (Å²) >= 11 is 1.71. The van der Waals surface area contributed by atoms with Crippen LogP contribution in [0, 0.1) is 11.3 Å². The van der Waals surface area contributed by atoms with Gasteiger partial charge in [-0.2, -0.15) is 5.26 Å². The van der Waals surface area contributed by atoms with E-state index in [0.717, 1.165) is 49.3 Å². The molecule has 25 heavy (non-hydrogen) atoms. The van der Waals surface area contributed by atoms with E-state index in [-0.39, 0.29) is 0 Å². The monoisotopic (exact) mass is 355 g/mol. The molecular weight excluding hydrogens is 330 g/mol. The molecule has 6 heteroatoms. The van der Waals surface area contributed by atoms with Crippen LogP contribution in [0.5, 0.6) is 0 Å². The van der Waals surface area contributed by atoms with E-state index in [0.29, 0.717) is 6.42 Å². The Hall–Kier alpha value is -1.84. The van der Waals surface area contributed by atoms with E-state index in [2.05, 4.69) is 50.0 Å². The highest BCUT2D eigenvalue weighted by molar-refractivity contribution is 7.99. The summed E-state index contributed by atoms with van der Waals surface area (Å²) in [5.74, 6) is 1.96. The van der Waals surface area contributed by atoms with Gasteiger partial charge in [-0.3, -0.25) is 4.90 Å². The zero-order valence-electron chi connectivity index (χ0n) is 14.6. The predicted octanol–water partition coefficient (Wildman–Crippen LogP) is 3.71. The maximum absolute atomic E-state index is 8.70. The average Bonchev–Trinajstić information content (AvgIpc) is 3.02. The van der Waals surface area contributed by atoms with Crippen molar-refractivity contribution in [1.82, 2.24) is 19.7 Å². The van der Waals surface area contributed by atoms with Crippen molar-refractivity contribution in [3.05, 3.63) is 41.7 Å². The second kappa shape index (κ2) is 9.59. The van der Waals surface area contributed by atoms with Crippen molar-refractivity contribution in [3.63, 3.8) is 0 Å². The first kappa shape index (κ1) is 18.0. The summed E-state index contributed by atoms with van der Waals surface area (Å²) in [5.41, 5.74) is 1.26. The molecule has 3 rings (SSSR count). The van der Waals surface area contributed by atoms with Crippen molar-refractivity contribution < 1.29 is 0 Å². The van der Waals surface area contributed by atoms with E-state index in [1.807, 2.05) is 6.07 Å². The molecule has 1 aromatic carbocycles. The smallest absolute Gasteiger partial charge is 0.191 e. The quantitative estimate of drug-likeness (QED) is 0.534. The second-order valence-corrected chi connectivity index (χ2v) is 7.48. The minimum atomic E-state index is 0.598. The molecule has 0 bridgehead atoms. The Morgan fingerprint density at radius 3 is 2.60 bits per heavy atom. The molecule has 0 atom stereocenters. The van der Waals surface area contributed by atoms with E-state index in [1.54, 1.807) is 11.8 Å². The van der Waals surface area contributed by atoms with Gasteiger partial charge >= 0.3 is 0 Å². The molecule has 2 heterocycles. The number of hydrogen-bond acceptors (Lipinski definition) is 5. The average molecular weight is 356 g/mol. The normalized spacial score (nSPS) is 15.2. The minimum Gasteiger partial charge on any atom is -0.300 e. The number of unbranched alkanes of at least 4 members (excludes halogenated alkanes) is 1. The summed E-state index contributed by atoms with van der Waals surface area (Å²) in [4.78, 5) is 2.49. The Morgan fingerprint density at radius 2 is 1.84 bits per heavy atom. The maximum Gasteiger partial charge on any atom is 0.191 e. The molecular formula is C19H25N5S. The molecule has 1 fully saturated rings. The van der Waals surface area contributed by atoms with Gasteiger partial charge in [-0.1, -0.05) is 48.5 Å². The van der Waals surface area contributed by atoms with E-state index in [9.17, 15) is 0 Å². The van der Waals surface area contributed by atoms with Gasteiger partial charge in [0.05, 0.1) is 19.2 Å². The molecule has 0 aliphatic carbocycles. The SMILES string of the molecule is N#CCCCSc1nnc(CN2CCCCC2)n1Cc1ccccc1. The molecule has 0 amide bonds. The topological polar surface area (TPSA) is 57.7 Å². The lowest BCUT2D eigenvalue weighted by Gasteiger charge is -2.26. The molecule has 1 aromatic heterocycles. The molecule has 1 aliphatic heterocycles. The van der Waals surface area contributed by atoms with Crippen molar-refractivity contribution in [1.29, 1.82) is 5.26 Å². The lowest BCUT2D eigenvalue weighted by molar-refractivity contribution is 0.213. The van der Waals surface area contributed by atoms with Gasteiger partial charge in [0.2, 0.25) is 0 Å². The Morgan fingerprint density at radius 1 is 1.04 bits per heavy atom. The van der Waals surface area contributed by atoms with Gasteiger partial charge in [-0.25, -0.2) is 0 Å². The third-order valence-electron chi connectivity index (χ3n) is 4.45. The van der Waals surface area contributed by atoms with Crippen LogP contribution in [0.1, 0.15) is 43.5 Å². The Kier molecular flexibility index (Phi) is 6.89. The lowest BCUT2D eigenvalue weighted by atomic mass is 10.1. The zero-order chi connectivity index (χ0) is 17.3. The van der Waals surface area contributed by atoms with Crippen molar-refractivity contribution in [2.24, 2.45) is 0 Å². The highest BCUT2D eigenvalue weighted by Crippen LogP contribution is 2.21. The number of nitrogens with zero attached hydrogens (tertiary/aromatic N) is 5. The maximum atomic E-state index is 8.70. The van der Waals surface area contributed by atoms with Crippen LogP contribution >= 0.6 is 11.8 Å². The molecule has 5 nitrogen and oxygen atoms in total. The van der Waals surface area contributed by atoms with Crippen molar-refractivity contribution in [2.75, 3.05) is 18.8 Å². The van der Waals surface area contributed by atoms with Gasteiger partial charge in [0.1, 0.15) is 5.82 Å². The Bertz CT molecular complexity index is 686. The molecule has 0 radical (unpaired) electrons. The third kappa shape index (κ3) is 5.32. The number of rotatable bonds is 8. The van der Waals surface area contributed by atoms with E-state index in [1.165, 1.54) is 24.8 Å². The van der Waals surface area contributed by atoms with Crippen molar-refractivity contribution >= 4 is 11.8 Å². The minimum absolute atomic E-state index is 0.598. The number of thioether (sulfide) groups is 1. The summed E-state index contributed by atoms with van der Waals surface area (Å²) in [6.45, 7) is 3.99. The summed E-state index contributed by atoms with van der Waals surface area (Å²) in [7, 11) is 0. The van der Waals surface area contributed by atoms with Gasteiger partial charge in [-0.05, 0) is 37.9 Å².